The maximum atomic E-state index is 14.4. The number of hydrogen-bond donors (Lipinski definition) is 2. The number of nitrogens with zero attached hydrogens (tertiary/aromatic N) is 3. The SMILES string of the molecule is COc1nc(Cl)c(F)c2nc(SC)nc(NC3CCC(C(=O)O)C3)c12. The molecule has 0 aliphatic heterocycles. The Bertz CT molecular complexity index is 838. The zero-order valence-corrected chi connectivity index (χ0v) is 15.1. The average molecular weight is 387 g/mol. The first kappa shape index (κ1) is 17.9. The van der Waals surface area contributed by atoms with Crippen LogP contribution in [0.5, 0.6) is 5.88 Å². The number of carboxylic acid groups (broad SMARTS) is 1. The summed E-state index contributed by atoms with van der Waals surface area (Å²) in [5.74, 6) is -1.46. The lowest BCUT2D eigenvalue weighted by atomic mass is 10.1. The van der Waals surface area contributed by atoms with Gasteiger partial charge < -0.3 is 15.2 Å². The largest absolute Gasteiger partial charge is 0.481 e. The highest BCUT2D eigenvalue weighted by molar-refractivity contribution is 7.98. The molecular formula is C15H16ClFN4O3S. The highest BCUT2D eigenvalue weighted by Crippen LogP contribution is 2.36. The fourth-order valence-electron chi connectivity index (χ4n) is 2.97. The molecule has 7 nitrogen and oxygen atoms in total. The Labute approximate surface area is 152 Å². The molecule has 10 heteroatoms. The molecule has 0 bridgehead atoms. The maximum Gasteiger partial charge on any atom is 0.306 e. The normalized spacial score (nSPS) is 20.0. The number of nitrogens with one attached hydrogen (secondary N) is 1. The highest BCUT2D eigenvalue weighted by Gasteiger charge is 2.31. The van der Waals surface area contributed by atoms with Gasteiger partial charge in [-0.1, -0.05) is 23.4 Å². The highest BCUT2D eigenvalue weighted by atomic mass is 35.5. The summed E-state index contributed by atoms with van der Waals surface area (Å²) in [6.45, 7) is 0. The van der Waals surface area contributed by atoms with Crippen LogP contribution in [-0.2, 0) is 4.79 Å². The standard InChI is InChI=1S/C15H16ClFN4O3S/c1-24-13-8-10(9(17)11(16)20-13)19-15(25-2)21-12(8)18-7-4-3-6(5-7)14(22)23/h6-7H,3-5H2,1-2H3,(H,22,23)(H,18,19,21). The van der Waals surface area contributed by atoms with Gasteiger partial charge in [0.1, 0.15) is 16.7 Å². The van der Waals surface area contributed by atoms with Crippen LogP contribution in [0.25, 0.3) is 10.9 Å². The monoisotopic (exact) mass is 386 g/mol. The number of methoxy groups -OCH3 is 1. The quantitative estimate of drug-likeness (QED) is 0.459. The number of rotatable bonds is 5. The first-order chi connectivity index (χ1) is 11.9. The van der Waals surface area contributed by atoms with Gasteiger partial charge in [-0.2, -0.15) is 4.98 Å². The predicted octanol–water partition coefficient (Wildman–Crippen LogP) is 3.21. The Balaban J connectivity index is 2.07. The van der Waals surface area contributed by atoms with Crippen molar-refractivity contribution in [1.82, 2.24) is 15.0 Å². The number of aliphatic carboxylic acids is 1. The Morgan fingerprint density at radius 2 is 2.16 bits per heavy atom. The first-order valence-corrected chi connectivity index (χ1v) is 9.19. The molecule has 25 heavy (non-hydrogen) atoms. The summed E-state index contributed by atoms with van der Waals surface area (Å²) in [5, 5.41) is 12.7. The third kappa shape index (κ3) is 3.43. The number of carbonyl (C=O) groups is 1. The van der Waals surface area contributed by atoms with Gasteiger partial charge in [-0.25, -0.2) is 14.4 Å². The zero-order valence-electron chi connectivity index (χ0n) is 13.5. The van der Waals surface area contributed by atoms with Crippen molar-refractivity contribution < 1.29 is 19.0 Å². The molecule has 1 aliphatic carbocycles. The number of halogens is 2. The molecule has 0 spiro atoms. The van der Waals surface area contributed by atoms with Crippen molar-refractivity contribution in [3.8, 4) is 5.88 Å². The van der Waals surface area contributed by atoms with E-state index in [1.54, 1.807) is 6.26 Å². The second-order valence-corrected chi connectivity index (χ2v) is 6.83. The van der Waals surface area contributed by atoms with Crippen LogP contribution in [0.3, 0.4) is 0 Å². The molecule has 0 aromatic carbocycles. The number of thioether (sulfide) groups is 1. The molecule has 0 saturated heterocycles. The molecule has 0 amide bonds. The van der Waals surface area contributed by atoms with Gasteiger partial charge in [-0.05, 0) is 25.5 Å². The molecule has 2 atom stereocenters. The van der Waals surface area contributed by atoms with Crippen molar-refractivity contribution in [2.45, 2.75) is 30.5 Å². The van der Waals surface area contributed by atoms with Gasteiger partial charge in [0, 0.05) is 6.04 Å². The van der Waals surface area contributed by atoms with E-state index >= 15 is 0 Å². The number of carboxylic acids is 1. The van der Waals surface area contributed by atoms with E-state index in [2.05, 4.69) is 20.3 Å². The van der Waals surface area contributed by atoms with E-state index in [-0.39, 0.29) is 22.6 Å². The minimum atomic E-state index is -0.807. The molecule has 2 unspecified atom stereocenters. The summed E-state index contributed by atoms with van der Waals surface area (Å²) < 4.78 is 19.7. The molecule has 134 valence electrons. The summed E-state index contributed by atoms with van der Waals surface area (Å²) in [5.41, 5.74) is 0.0199. The second kappa shape index (κ2) is 7.17. The Hall–Kier alpha value is -1.87. The van der Waals surface area contributed by atoms with Gasteiger partial charge in [0.05, 0.1) is 13.0 Å². The second-order valence-electron chi connectivity index (χ2n) is 5.70. The predicted molar refractivity (Wildman–Crippen MR) is 93.0 cm³/mol. The van der Waals surface area contributed by atoms with Crippen LogP contribution in [0.2, 0.25) is 5.15 Å². The molecule has 1 saturated carbocycles. The number of ether oxygens (including phenoxy) is 1. The number of anilines is 1. The topological polar surface area (TPSA) is 97.2 Å². The summed E-state index contributed by atoms with van der Waals surface area (Å²) in [6, 6.07) is -0.0858. The Morgan fingerprint density at radius 3 is 2.76 bits per heavy atom. The molecule has 2 aromatic heterocycles. The van der Waals surface area contributed by atoms with E-state index < -0.39 is 17.7 Å². The number of fused-ring (bicyclic) bond motifs is 1. The third-order valence-electron chi connectivity index (χ3n) is 4.19. The van der Waals surface area contributed by atoms with Gasteiger partial charge in [0.2, 0.25) is 5.88 Å². The lowest BCUT2D eigenvalue weighted by Crippen LogP contribution is -2.19. The first-order valence-electron chi connectivity index (χ1n) is 7.58. The summed E-state index contributed by atoms with van der Waals surface area (Å²) >= 11 is 7.09. The van der Waals surface area contributed by atoms with Gasteiger partial charge in [0.25, 0.3) is 0 Å². The summed E-state index contributed by atoms with van der Waals surface area (Å²) in [4.78, 5) is 23.6. The lowest BCUT2D eigenvalue weighted by molar-refractivity contribution is -0.141. The molecular weight excluding hydrogens is 371 g/mol. The Kier molecular flexibility index (Phi) is 5.14. The molecule has 2 N–H and O–H groups in total. The van der Waals surface area contributed by atoms with E-state index in [1.807, 2.05) is 0 Å². The maximum absolute atomic E-state index is 14.4. The number of pyridine rings is 1. The fourth-order valence-corrected chi connectivity index (χ4v) is 3.50. The molecule has 1 fully saturated rings. The average Bonchev–Trinajstić information content (AvgIpc) is 3.06. The lowest BCUT2D eigenvalue weighted by Gasteiger charge is -2.17. The van der Waals surface area contributed by atoms with E-state index in [4.69, 9.17) is 21.4 Å². The molecule has 2 aromatic rings. The zero-order chi connectivity index (χ0) is 18.1. The van der Waals surface area contributed by atoms with Crippen LogP contribution in [0.15, 0.2) is 5.16 Å². The van der Waals surface area contributed by atoms with Crippen LogP contribution in [0, 0.1) is 11.7 Å². The van der Waals surface area contributed by atoms with E-state index in [0.717, 1.165) is 0 Å². The fraction of sp³-hybridized carbons (Fsp3) is 0.467. The van der Waals surface area contributed by atoms with Crippen LogP contribution in [-0.4, -0.2) is 45.4 Å². The van der Waals surface area contributed by atoms with E-state index in [9.17, 15) is 9.18 Å². The van der Waals surface area contributed by atoms with Crippen molar-refractivity contribution >= 4 is 46.1 Å². The van der Waals surface area contributed by atoms with Crippen LogP contribution in [0.1, 0.15) is 19.3 Å². The number of aromatic nitrogens is 3. The molecule has 1 aliphatic rings. The molecule has 2 heterocycles. The minimum Gasteiger partial charge on any atom is -0.481 e. The van der Waals surface area contributed by atoms with Crippen molar-refractivity contribution in [3.63, 3.8) is 0 Å². The van der Waals surface area contributed by atoms with Gasteiger partial charge >= 0.3 is 5.97 Å². The summed E-state index contributed by atoms with van der Waals surface area (Å²) in [7, 11) is 1.40. The van der Waals surface area contributed by atoms with E-state index in [1.165, 1.54) is 18.9 Å². The van der Waals surface area contributed by atoms with Gasteiger partial charge in [-0.3, -0.25) is 4.79 Å². The smallest absolute Gasteiger partial charge is 0.306 e. The van der Waals surface area contributed by atoms with Gasteiger partial charge in [0.15, 0.2) is 16.1 Å². The molecule has 3 rings (SSSR count). The van der Waals surface area contributed by atoms with Crippen LogP contribution >= 0.6 is 23.4 Å². The minimum absolute atomic E-state index is 0.0199. The van der Waals surface area contributed by atoms with Gasteiger partial charge in [-0.15, -0.1) is 0 Å². The van der Waals surface area contributed by atoms with Crippen molar-refractivity contribution in [2.75, 3.05) is 18.7 Å². The molecule has 0 radical (unpaired) electrons. The number of hydrogen-bond acceptors (Lipinski definition) is 7. The Morgan fingerprint density at radius 1 is 1.40 bits per heavy atom. The third-order valence-corrected chi connectivity index (χ3v) is 4.99. The van der Waals surface area contributed by atoms with E-state index in [0.29, 0.717) is 35.6 Å². The van der Waals surface area contributed by atoms with Crippen molar-refractivity contribution in [3.05, 3.63) is 11.0 Å². The van der Waals surface area contributed by atoms with Crippen LogP contribution in [0.4, 0.5) is 10.2 Å². The van der Waals surface area contributed by atoms with Crippen molar-refractivity contribution in [2.24, 2.45) is 5.92 Å². The van der Waals surface area contributed by atoms with Crippen LogP contribution < -0.4 is 10.1 Å². The summed E-state index contributed by atoms with van der Waals surface area (Å²) in [6.07, 6.45) is 3.52. The van der Waals surface area contributed by atoms with Crippen molar-refractivity contribution in [1.29, 1.82) is 0 Å².